The zero-order valence-electron chi connectivity index (χ0n) is 55.6. The van der Waals surface area contributed by atoms with Crippen LogP contribution in [0.25, 0.3) is 44.5 Å². The minimum atomic E-state index is -0.112. The second kappa shape index (κ2) is 32.2. The SMILES string of the molecule is CCCCCCCCC1(CCCCCCCC)c2cc(C(c3ccccc3)c3ccc(-c4ccccc4)cc3)ccc2-c2cc3c(cc21)-c1ccc(N(c2ccccc2)c2ccc(-c4ccccc4)cc2)cc1C3(CCCCCCCC)CCCCCCCC. The van der Waals surface area contributed by atoms with E-state index in [-0.39, 0.29) is 16.7 Å². The molecule has 0 radical (unpaired) electrons. The molecule has 9 aromatic rings. The smallest absolute Gasteiger partial charge is 0.0465 e. The third-order valence-corrected chi connectivity index (χ3v) is 21.0. The van der Waals surface area contributed by atoms with Gasteiger partial charge in [-0.25, -0.2) is 0 Å². The van der Waals surface area contributed by atoms with Crippen LogP contribution in [0.4, 0.5) is 17.1 Å². The van der Waals surface area contributed by atoms with Crippen molar-refractivity contribution in [2.75, 3.05) is 4.90 Å². The molecule has 0 amide bonds. The minimum Gasteiger partial charge on any atom is -0.310 e. The molecule has 9 aromatic carbocycles. The molecule has 1 nitrogen and oxygen atoms in total. The maximum absolute atomic E-state index is 2.86. The first-order chi connectivity index (χ1) is 44.5. The number of unbranched alkanes of at least 4 members (excludes halogenated alkanes) is 20. The van der Waals surface area contributed by atoms with Gasteiger partial charge < -0.3 is 4.90 Å². The van der Waals surface area contributed by atoms with E-state index in [1.165, 1.54) is 258 Å². The number of hydrogen-bond donors (Lipinski definition) is 0. The maximum Gasteiger partial charge on any atom is 0.0465 e. The van der Waals surface area contributed by atoms with Crippen LogP contribution in [0.1, 0.15) is 252 Å². The highest BCUT2D eigenvalue weighted by molar-refractivity contribution is 5.92. The first kappa shape index (κ1) is 64.3. The molecule has 0 aliphatic heterocycles. The Hall–Kier alpha value is -7.22. The number of rotatable bonds is 36. The molecule has 0 N–H and O–H groups in total. The molecule has 0 fully saturated rings. The molecule has 0 saturated carbocycles. The van der Waals surface area contributed by atoms with Crippen molar-refractivity contribution in [3.63, 3.8) is 0 Å². The Balaban J connectivity index is 1.09. The fraction of sp³-hybridized carbons (Fsp3) is 0.393. The molecular formula is C89H105N. The molecule has 0 saturated heterocycles. The molecule has 0 aromatic heterocycles. The molecule has 1 heteroatoms. The van der Waals surface area contributed by atoms with Crippen molar-refractivity contribution < 1.29 is 0 Å². The molecule has 0 bridgehead atoms. The summed E-state index contributed by atoms with van der Waals surface area (Å²) in [7, 11) is 0. The van der Waals surface area contributed by atoms with Gasteiger partial charge in [-0.3, -0.25) is 0 Å². The van der Waals surface area contributed by atoms with Crippen LogP contribution in [-0.4, -0.2) is 0 Å². The molecular weight excluding hydrogens is 1080 g/mol. The number of benzene rings is 9. The quantitative estimate of drug-likeness (QED) is 0.0279. The lowest BCUT2D eigenvalue weighted by Crippen LogP contribution is -2.27. The molecule has 11 rings (SSSR count). The number of para-hydroxylation sites is 1. The Bertz CT molecular complexity index is 3320. The second-order valence-electron chi connectivity index (χ2n) is 27.1. The van der Waals surface area contributed by atoms with Gasteiger partial charge in [-0.15, -0.1) is 0 Å². The van der Waals surface area contributed by atoms with Crippen LogP contribution in [0, 0.1) is 0 Å². The molecule has 466 valence electrons. The van der Waals surface area contributed by atoms with E-state index in [2.05, 4.69) is 251 Å². The molecule has 2 aliphatic rings. The standard InChI is InChI=1S/C89H105N/c1-5-9-13-17-21-37-61-88(62-38-22-18-14-10-6-2)83-65-75(87(73-45-33-27-34-46-73)74-51-49-71(50-52-74)69-41-29-25-30-42-69)55-59-79(83)81-67-86-82(68-85(81)88)80-60-58-78(66-84(80)89(86,63-39-23-19-15-11-7-3)64-40-24-20-16-12-8-4)90(76-47-35-28-36-48-76)77-56-53-72(54-57-77)70-43-31-26-32-44-70/h25-36,41-60,65-68,87H,5-24,37-40,61-64H2,1-4H3. The Morgan fingerprint density at radius 1 is 0.244 bits per heavy atom. The van der Waals surface area contributed by atoms with Crippen molar-refractivity contribution in [1.82, 2.24) is 0 Å². The monoisotopic (exact) mass is 1190 g/mol. The van der Waals surface area contributed by atoms with Crippen molar-refractivity contribution in [3.8, 4) is 44.5 Å². The lowest BCUT2D eigenvalue weighted by Gasteiger charge is -2.35. The Morgan fingerprint density at radius 2 is 0.556 bits per heavy atom. The highest BCUT2D eigenvalue weighted by Gasteiger charge is 2.48. The normalized spacial score (nSPS) is 13.6. The summed E-state index contributed by atoms with van der Waals surface area (Å²) in [5, 5.41) is 0. The third kappa shape index (κ3) is 14.7. The summed E-state index contributed by atoms with van der Waals surface area (Å²) in [6.07, 6.45) is 36.0. The summed E-state index contributed by atoms with van der Waals surface area (Å²) in [6, 6.07) is 84.7. The van der Waals surface area contributed by atoms with Crippen molar-refractivity contribution in [2.24, 2.45) is 0 Å². The van der Waals surface area contributed by atoms with Crippen LogP contribution in [0.2, 0.25) is 0 Å². The Kier molecular flexibility index (Phi) is 23.0. The Morgan fingerprint density at radius 3 is 1.00 bits per heavy atom. The van der Waals surface area contributed by atoms with Gasteiger partial charge >= 0.3 is 0 Å². The van der Waals surface area contributed by atoms with Gasteiger partial charge in [0.1, 0.15) is 0 Å². The molecule has 90 heavy (non-hydrogen) atoms. The van der Waals surface area contributed by atoms with Crippen molar-refractivity contribution >= 4 is 17.1 Å². The summed E-state index contributed by atoms with van der Waals surface area (Å²) in [5.41, 5.74) is 25.0. The average molecular weight is 1190 g/mol. The van der Waals surface area contributed by atoms with Gasteiger partial charge in [-0.1, -0.05) is 352 Å². The van der Waals surface area contributed by atoms with E-state index in [0.29, 0.717) is 0 Å². The van der Waals surface area contributed by atoms with Crippen molar-refractivity contribution in [3.05, 3.63) is 257 Å². The average Bonchev–Trinajstić information content (AvgIpc) is 1.61. The molecule has 0 spiro atoms. The second-order valence-corrected chi connectivity index (χ2v) is 27.1. The fourth-order valence-electron chi connectivity index (χ4n) is 16.1. The van der Waals surface area contributed by atoms with Crippen LogP contribution in [0.5, 0.6) is 0 Å². The first-order valence-corrected chi connectivity index (χ1v) is 36.2. The number of fused-ring (bicyclic) bond motifs is 6. The van der Waals surface area contributed by atoms with E-state index in [1.807, 2.05) is 0 Å². The van der Waals surface area contributed by atoms with E-state index in [9.17, 15) is 0 Å². The lowest BCUT2D eigenvalue weighted by molar-refractivity contribution is 0.394. The lowest BCUT2D eigenvalue weighted by atomic mass is 9.68. The summed E-state index contributed by atoms with van der Waals surface area (Å²) in [4.78, 5) is 2.54. The van der Waals surface area contributed by atoms with Gasteiger partial charge in [0.2, 0.25) is 0 Å². The van der Waals surface area contributed by atoms with E-state index >= 15 is 0 Å². The van der Waals surface area contributed by atoms with Crippen molar-refractivity contribution in [2.45, 2.75) is 224 Å². The van der Waals surface area contributed by atoms with Crippen molar-refractivity contribution in [1.29, 1.82) is 0 Å². The van der Waals surface area contributed by atoms with E-state index < -0.39 is 0 Å². The van der Waals surface area contributed by atoms with Crippen LogP contribution in [0.15, 0.2) is 218 Å². The zero-order chi connectivity index (χ0) is 61.8. The summed E-state index contributed by atoms with van der Waals surface area (Å²) in [6.45, 7) is 9.43. The number of nitrogens with zero attached hydrogens (tertiary/aromatic N) is 1. The predicted molar refractivity (Wildman–Crippen MR) is 390 cm³/mol. The van der Waals surface area contributed by atoms with E-state index in [1.54, 1.807) is 22.3 Å². The third-order valence-electron chi connectivity index (χ3n) is 21.0. The molecule has 1 atom stereocenters. The van der Waals surface area contributed by atoms with Crippen LogP contribution in [0.3, 0.4) is 0 Å². The van der Waals surface area contributed by atoms with Crippen LogP contribution >= 0.6 is 0 Å². The van der Waals surface area contributed by atoms with Gasteiger partial charge in [0, 0.05) is 33.8 Å². The largest absolute Gasteiger partial charge is 0.310 e. The van der Waals surface area contributed by atoms with E-state index in [0.717, 1.165) is 0 Å². The first-order valence-electron chi connectivity index (χ1n) is 36.2. The highest BCUT2D eigenvalue weighted by Crippen LogP contribution is 2.62. The van der Waals surface area contributed by atoms with Gasteiger partial charge in [0.05, 0.1) is 0 Å². The van der Waals surface area contributed by atoms with E-state index in [4.69, 9.17) is 0 Å². The summed E-state index contributed by atoms with van der Waals surface area (Å²) < 4.78 is 0. The fourth-order valence-corrected chi connectivity index (χ4v) is 16.1. The molecule has 1 unspecified atom stereocenters. The van der Waals surface area contributed by atoms with Gasteiger partial charge in [0.25, 0.3) is 0 Å². The zero-order valence-corrected chi connectivity index (χ0v) is 55.6. The topological polar surface area (TPSA) is 3.24 Å². The maximum atomic E-state index is 2.86. The van der Waals surface area contributed by atoms with Crippen LogP contribution < -0.4 is 4.90 Å². The number of hydrogen-bond acceptors (Lipinski definition) is 1. The summed E-state index contributed by atoms with van der Waals surface area (Å²) >= 11 is 0. The van der Waals surface area contributed by atoms with Crippen LogP contribution in [-0.2, 0) is 10.8 Å². The molecule has 0 heterocycles. The van der Waals surface area contributed by atoms with Gasteiger partial charge in [-0.05, 0) is 158 Å². The Labute approximate surface area is 544 Å². The predicted octanol–water partition coefficient (Wildman–Crippen LogP) is 27.2. The summed E-state index contributed by atoms with van der Waals surface area (Å²) in [5.74, 6) is 0.108. The molecule has 2 aliphatic carbocycles. The highest BCUT2D eigenvalue weighted by atomic mass is 15.1. The van der Waals surface area contributed by atoms with Gasteiger partial charge in [-0.2, -0.15) is 0 Å². The minimum absolute atomic E-state index is 0.0937. The number of anilines is 3. The van der Waals surface area contributed by atoms with Gasteiger partial charge in [0.15, 0.2) is 0 Å².